The highest BCUT2D eigenvalue weighted by atomic mass is 32.2. The maximum Gasteiger partial charge on any atom is 0.336 e. The van der Waals surface area contributed by atoms with Crippen LogP contribution in [0.25, 0.3) is 11.1 Å². The number of oxazole rings is 1. The van der Waals surface area contributed by atoms with E-state index in [0.717, 1.165) is 66.4 Å². The molecule has 0 saturated heterocycles. The molecule has 142 valence electrons. The highest BCUT2D eigenvalue weighted by Crippen LogP contribution is 2.23. The number of aryl methyl sites for hydroxylation is 1. The van der Waals surface area contributed by atoms with Gasteiger partial charge < -0.3 is 14.8 Å². The van der Waals surface area contributed by atoms with Gasteiger partial charge in [-0.1, -0.05) is 24.3 Å². The number of nitrogens with zero attached hydrogens (tertiary/aromatic N) is 1. The zero-order valence-electron chi connectivity index (χ0n) is 15.2. The van der Waals surface area contributed by atoms with Crippen LogP contribution in [0.4, 0.5) is 0 Å². The minimum atomic E-state index is -0.866. The van der Waals surface area contributed by atoms with Gasteiger partial charge in [0, 0.05) is 11.3 Å². The fraction of sp³-hybridized carbons (Fsp3) is 0.333. The molecule has 1 heterocycles. The Hall–Kier alpha value is -2.31. The van der Waals surface area contributed by atoms with Gasteiger partial charge in [-0.25, -0.2) is 9.78 Å². The number of benzene rings is 2. The van der Waals surface area contributed by atoms with Crippen molar-refractivity contribution < 1.29 is 14.3 Å². The van der Waals surface area contributed by atoms with Gasteiger partial charge in [-0.3, -0.25) is 0 Å². The summed E-state index contributed by atoms with van der Waals surface area (Å²) in [6, 6.07) is 15.0. The summed E-state index contributed by atoms with van der Waals surface area (Å²) < 4.78 is 5.72. The number of rotatable bonds is 11. The molecule has 0 aliphatic heterocycles. The third kappa shape index (κ3) is 5.84. The number of carbonyl (C=O) groups is 1. The van der Waals surface area contributed by atoms with Gasteiger partial charge in [0.1, 0.15) is 5.52 Å². The molecule has 27 heavy (non-hydrogen) atoms. The molecule has 0 fully saturated rings. The highest BCUT2D eigenvalue weighted by Gasteiger charge is 2.08. The van der Waals surface area contributed by atoms with Crippen LogP contribution < -0.4 is 5.32 Å². The van der Waals surface area contributed by atoms with Crippen LogP contribution in [0.15, 0.2) is 57.8 Å². The van der Waals surface area contributed by atoms with E-state index in [0.29, 0.717) is 5.56 Å². The second-order valence-electron chi connectivity index (χ2n) is 6.29. The molecule has 5 nitrogen and oxygen atoms in total. The second-order valence-corrected chi connectivity index (χ2v) is 7.42. The van der Waals surface area contributed by atoms with Crippen LogP contribution in [0.1, 0.15) is 35.5 Å². The summed E-state index contributed by atoms with van der Waals surface area (Å²) in [6.07, 6.45) is 3.98. The van der Waals surface area contributed by atoms with Crippen molar-refractivity contribution >= 4 is 28.8 Å². The molecular formula is C21H24N2O3S. The molecular weight excluding hydrogens is 360 g/mol. The number of unbranched alkanes of at least 4 members (excludes halogenated alkanes) is 1. The van der Waals surface area contributed by atoms with Crippen LogP contribution in [-0.2, 0) is 6.42 Å². The fourth-order valence-electron chi connectivity index (χ4n) is 2.83. The van der Waals surface area contributed by atoms with E-state index in [-0.39, 0.29) is 0 Å². The molecule has 1 aromatic heterocycles. The lowest BCUT2D eigenvalue weighted by Gasteiger charge is -2.06. The van der Waals surface area contributed by atoms with E-state index in [1.54, 1.807) is 23.9 Å². The Balaban J connectivity index is 1.25. The molecule has 3 rings (SSSR count). The summed E-state index contributed by atoms with van der Waals surface area (Å²) in [5, 5.41) is 12.6. The van der Waals surface area contributed by atoms with Crippen molar-refractivity contribution in [3.05, 3.63) is 60.0 Å². The van der Waals surface area contributed by atoms with E-state index in [9.17, 15) is 9.90 Å². The van der Waals surface area contributed by atoms with Crippen molar-refractivity contribution in [1.29, 1.82) is 0 Å². The van der Waals surface area contributed by atoms with Crippen LogP contribution in [0, 0.1) is 0 Å². The van der Waals surface area contributed by atoms with Crippen LogP contribution in [-0.4, -0.2) is 34.9 Å². The maximum absolute atomic E-state index is 11.2. The predicted octanol–water partition coefficient (Wildman–Crippen LogP) is 4.62. The largest absolute Gasteiger partial charge is 0.478 e. The van der Waals surface area contributed by atoms with Gasteiger partial charge in [0.05, 0.1) is 5.56 Å². The third-order valence-corrected chi connectivity index (χ3v) is 5.37. The third-order valence-electron chi connectivity index (χ3n) is 4.21. The van der Waals surface area contributed by atoms with Gasteiger partial charge in [-0.2, -0.15) is 0 Å². The summed E-state index contributed by atoms with van der Waals surface area (Å²) in [7, 11) is 0. The van der Waals surface area contributed by atoms with Gasteiger partial charge in [0.2, 0.25) is 0 Å². The van der Waals surface area contributed by atoms with Gasteiger partial charge >= 0.3 is 5.97 Å². The molecule has 0 spiro atoms. The lowest BCUT2D eigenvalue weighted by molar-refractivity contribution is 0.0693. The van der Waals surface area contributed by atoms with Crippen LogP contribution >= 0.6 is 11.8 Å². The van der Waals surface area contributed by atoms with E-state index >= 15 is 0 Å². The predicted molar refractivity (Wildman–Crippen MR) is 109 cm³/mol. The molecule has 0 aliphatic carbocycles. The number of hydrogen-bond acceptors (Lipinski definition) is 5. The first-order valence-electron chi connectivity index (χ1n) is 9.24. The molecule has 0 atom stereocenters. The first-order valence-corrected chi connectivity index (χ1v) is 10.2. The average Bonchev–Trinajstić information content (AvgIpc) is 3.09. The number of thioether (sulfide) groups is 1. The van der Waals surface area contributed by atoms with Crippen LogP contribution in [0.3, 0.4) is 0 Å². The van der Waals surface area contributed by atoms with E-state index < -0.39 is 5.97 Å². The Kier molecular flexibility index (Phi) is 7.30. The molecule has 6 heteroatoms. The SMILES string of the molecule is O=C(O)c1ccccc1SCCCNCCCCc1nc2ccccc2o1. The Morgan fingerprint density at radius 3 is 2.67 bits per heavy atom. The number of carboxylic acids is 1. The number of fused-ring (bicyclic) bond motifs is 1. The Morgan fingerprint density at radius 1 is 1.04 bits per heavy atom. The molecule has 2 N–H and O–H groups in total. The van der Waals surface area contributed by atoms with Crippen molar-refractivity contribution in [2.45, 2.75) is 30.6 Å². The Morgan fingerprint density at radius 2 is 1.81 bits per heavy atom. The van der Waals surface area contributed by atoms with Gasteiger partial charge in [-0.15, -0.1) is 11.8 Å². The highest BCUT2D eigenvalue weighted by molar-refractivity contribution is 7.99. The minimum absolute atomic E-state index is 0.384. The van der Waals surface area contributed by atoms with E-state index in [1.165, 1.54) is 0 Å². The standard InChI is InChI=1S/C21H24N2O3S/c24-21(25)16-8-1-4-11-19(16)27-15-7-14-22-13-6-5-12-20-23-17-9-2-3-10-18(17)26-20/h1-4,8-11,22H,5-7,12-15H2,(H,24,25). The topological polar surface area (TPSA) is 75.4 Å². The van der Waals surface area contributed by atoms with Crippen molar-refractivity contribution in [2.75, 3.05) is 18.8 Å². The van der Waals surface area contributed by atoms with E-state index in [2.05, 4.69) is 10.3 Å². The second kappa shape index (κ2) is 10.1. The van der Waals surface area contributed by atoms with Crippen molar-refractivity contribution in [3.63, 3.8) is 0 Å². The minimum Gasteiger partial charge on any atom is -0.478 e. The van der Waals surface area contributed by atoms with Crippen molar-refractivity contribution in [1.82, 2.24) is 10.3 Å². The summed E-state index contributed by atoms with van der Waals surface area (Å²) in [6.45, 7) is 1.90. The van der Waals surface area contributed by atoms with Crippen molar-refractivity contribution in [2.24, 2.45) is 0 Å². The Bertz CT molecular complexity index is 845. The Labute approximate surface area is 163 Å². The molecule has 0 bridgehead atoms. The number of hydrogen-bond donors (Lipinski definition) is 2. The molecule has 0 aliphatic rings. The monoisotopic (exact) mass is 384 g/mol. The van der Waals surface area contributed by atoms with Crippen molar-refractivity contribution in [3.8, 4) is 0 Å². The fourth-order valence-corrected chi connectivity index (χ4v) is 3.82. The van der Waals surface area contributed by atoms with Gasteiger partial charge in [0.15, 0.2) is 11.5 Å². The number of carboxylic acid groups (broad SMARTS) is 1. The lowest BCUT2D eigenvalue weighted by atomic mass is 10.2. The lowest BCUT2D eigenvalue weighted by Crippen LogP contribution is -2.17. The normalized spacial score (nSPS) is 11.1. The molecule has 2 aromatic carbocycles. The molecule has 0 unspecified atom stereocenters. The number of para-hydroxylation sites is 2. The molecule has 0 amide bonds. The summed E-state index contributed by atoms with van der Waals surface area (Å²) in [4.78, 5) is 16.5. The zero-order valence-corrected chi connectivity index (χ0v) is 16.0. The average molecular weight is 385 g/mol. The number of aromatic carboxylic acids is 1. The van der Waals surface area contributed by atoms with E-state index in [4.69, 9.17) is 4.42 Å². The molecule has 3 aromatic rings. The number of nitrogens with one attached hydrogen (secondary N) is 1. The molecule has 0 radical (unpaired) electrons. The van der Waals surface area contributed by atoms with Gasteiger partial charge in [-0.05, 0) is 62.4 Å². The molecule has 0 saturated carbocycles. The summed E-state index contributed by atoms with van der Waals surface area (Å²) >= 11 is 1.60. The summed E-state index contributed by atoms with van der Waals surface area (Å²) in [5.74, 6) is 0.847. The zero-order chi connectivity index (χ0) is 18.9. The van der Waals surface area contributed by atoms with E-state index in [1.807, 2.05) is 36.4 Å². The summed E-state index contributed by atoms with van der Waals surface area (Å²) in [5.41, 5.74) is 2.16. The van der Waals surface area contributed by atoms with Gasteiger partial charge in [0.25, 0.3) is 0 Å². The quantitative estimate of drug-likeness (QED) is 0.371. The first kappa shape index (κ1) is 19.5. The van der Waals surface area contributed by atoms with Crippen LogP contribution in [0.5, 0.6) is 0 Å². The number of aromatic nitrogens is 1. The maximum atomic E-state index is 11.2. The van der Waals surface area contributed by atoms with Crippen LogP contribution in [0.2, 0.25) is 0 Å². The first-order chi connectivity index (χ1) is 13.2. The smallest absolute Gasteiger partial charge is 0.336 e.